The summed E-state index contributed by atoms with van der Waals surface area (Å²) in [5, 5.41) is -0.285. The maximum absolute atomic E-state index is 12.5. The molecule has 0 radical (unpaired) electrons. The minimum absolute atomic E-state index is 0.0236. The summed E-state index contributed by atoms with van der Waals surface area (Å²) < 4.78 is 62.8. The van der Waals surface area contributed by atoms with E-state index in [9.17, 15) is 21.6 Å². The molecule has 3 N–H and O–H groups in total. The molecular weight excluding hydrogens is 293 g/mol. The van der Waals surface area contributed by atoms with Crippen LogP contribution in [-0.4, -0.2) is 21.5 Å². The molecule has 0 unspecified atom stereocenters. The Bertz CT molecular complexity index is 531. The van der Waals surface area contributed by atoms with Crippen LogP contribution in [0.3, 0.4) is 0 Å². The first-order valence-electron chi connectivity index (χ1n) is 4.75. The van der Waals surface area contributed by atoms with E-state index in [1.165, 1.54) is 0 Å². The fourth-order valence-electron chi connectivity index (χ4n) is 1.16. The van der Waals surface area contributed by atoms with Crippen LogP contribution in [-0.2, 0) is 16.2 Å². The van der Waals surface area contributed by atoms with Gasteiger partial charge in [-0.25, -0.2) is 13.1 Å². The van der Waals surface area contributed by atoms with Gasteiger partial charge in [-0.1, -0.05) is 11.6 Å². The second-order valence-electron chi connectivity index (χ2n) is 3.33. The third-order valence-corrected chi connectivity index (χ3v) is 3.93. The van der Waals surface area contributed by atoms with E-state index in [4.69, 9.17) is 17.3 Å². The maximum atomic E-state index is 12.5. The van der Waals surface area contributed by atoms with Crippen LogP contribution in [0, 0.1) is 0 Å². The largest absolute Gasteiger partial charge is 0.416 e. The molecule has 0 amide bonds. The maximum Gasteiger partial charge on any atom is 0.416 e. The summed E-state index contributed by atoms with van der Waals surface area (Å²) in [6, 6.07) is 2.09. The predicted octanol–water partition coefficient (Wildman–Crippen LogP) is 1.60. The molecule has 0 fully saturated rings. The normalized spacial score (nSPS) is 12.7. The highest BCUT2D eigenvalue weighted by Gasteiger charge is 2.32. The third-order valence-electron chi connectivity index (χ3n) is 1.98. The summed E-state index contributed by atoms with van der Waals surface area (Å²) in [7, 11) is -4.10. The number of sulfonamides is 1. The van der Waals surface area contributed by atoms with Crippen molar-refractivity contribution in [3.63, 3.8) is 0 Å². The van der Waals surface area contributed by atoms with E-state index in [2.05, 4.69) is 0 Å². The Morgan fingerprint density at radius 3 is 2.44 bits per heavy atom. The van der Waals surface area contributed by atoms with Gasteiger partial charge in [0.1, 0.15) is 4.90 Å². The number of benzene rings is 1. The zero-order valence-corrected chi connectivity index (χ0v) is 10.5. The summed E-state index contributed by atoms with van der Waals surface area (Å²) in [5.41, 5.74) is 4.03. The summed E-state index contributed by atoms with van der Waals surface area (Å²) in [4.78, 5) is -0.618. The molecule has 0 saturated carbocycles. The molecule has 0 saturated heterocycles. The Morgan fingerprint density at radius 1 is 1.33 bits per heavy atom. The van der Waals surface area contributed by atoms with Gasteiger partial charge in [0.25, 0.3) is 0 Å². The van der Waals surface area contributed by atoms with Gasteiger partial charge in [0.05, 0.1) is 10.6 Å². The minimum atomic E-state index is -4.64. The van der Waals surface area contributed by atoms with Gasteiger partial charge in [0, 0.05) is 13.1 Å². The first-order valence-corrected chi connectivity index (χ1v) is 6.61. The van der Waals surface area contributed by atoms with Crippen molar-refractivity contribution in [2.75, 3.05) is 13.1 Å². The number of hydrogen-bond donors (Lipinski definition) is 2. The molecule has 18 heavy (non-hydrogen) atoms. The second kappa shape index (κ2) is 5.43. The molecule has 4 nitrogen and oxygen atoms in total. The van der Waals surface area contributed by atoms with Gasteiger partial charge < -0.3 is 5.73 Å². The highest BCUT2D eigenvalue weighted by atomic mass is 35.5. The number of hydrogen-bond acceptors (Lipinski definition) is 3. The van der Waals surface area contributed by atoms with Gasteiger partial charge in [-0.15, -0.1) is 0 Å². The molecule has 0 atom stereocenters. The fraction of sp³-hybridized carbons (Fsp3) is 0.333. The molecule has 1 rings (SSSR count). The first kappa shape index (κ1) is 15.2. The van der Waals surface area contributed by atoms with Crippen molar-refractivity contribution in [2.45, 2.75) is 11.1 Å². The average Bonchev–Trinajstić information content (AvgIpc) is 2.25. The number of alkyl halides is 3. The monoisotopic (exact) mass is 302 g/mol. The van der Waals surface area contributed by atoms with Crippen LogP contribution in [0.15, 0.2) is 23.1 Å². The lowest BCUT2D eigenvalue weighted by Gasteiger charge is -2.11. The van der Waals surface area contributed by atoms with Crippen LogP contribution >= 0.6 is 11.6 Å². The third kappa shape index (κ3) is 3.58. The highest BCUT2D eigenvalue weighted by Crippen LogP contribution is 2.33. The molecule has 0 aliphatic rings. The van der Waals surface area contributed by atoms with Crippen molar-refractivity contribution in [3.8, 4) is 0 Å². The Morgan fingerprint density at radius 2 is 1.94 bits per heavy atom. The van der Waals surface area contributed by atoms with E-state index >= 15 is 0 Å². The lowest BCUT2D eigenvalue weighted by atomic mass is 10.2. The van der Waals surface area contributed by atoms with Gasteiger partial charge in [-0.05, 0) is 18.2 Å². The van der Waals surface area contributed by atoms with Crippen molar-refractivity contribution in [1.29, 1.82) is 0 Å². The zero-order chi connectivity index (χ0) is 14.0. The molecule has 0 aliphatic carbocycles. The Balaban J connectivity index is 3.24. The van der Waals surface area contributed by atoms with E-state index in [1.54, 1.807) is 0 Å². The van der Waals surface area contributed by atoms with Crippen LogP contribution in [0.4, 0.5) is 13.2 Å². The van der Waals surface area contributed by atoms with Gasteiger partial charge in [-0.3, -0.25) is 0 Å². The molecule has 1 aromatic carbocycles. The number of nitrogens with two attached hydrogens (primary N) is 1. The zero-order valence-electron chi connectivity index (χ0n) is 8.96. The van der Waals surface area contributed by atoms with Crippen LogP contribution in [0.5, 0.6) is 0 Å². The lowest BCUT2D eigenvalue weighted by Crippen LogP contribution is -2.29. The van der Waals surface area contributed by atoms with E-state index in [0.29, 0.717) is 12.1 Å². The molecule has 9 heteroatoms. The number of nitrogens with one attached hydrogen (secondary N) is 1. The standard InChI is InChI=1S/C9H10ClF3N2O2S/c10-7-2-1-6(9(11,12)13)5-8(7)18(16,17)15-4-3-14/h1-2,5,15H,3-4,14H2. The van der Waals surface area contributed by atoms with Crippen LogP contribution in [0.2, 0.25) is 5.02 Å². The van der Waals surface area contributed by atoms with E-state index in [-0.39, 0.29) is 18.1 Å². The van der Waals surface area contributed by atoms with Crippen LogP contribution in [0.25, 0.3) is 0 Å². The van der Waals surface area contributed by atoms with Crippen molar-refractivity contribution >= 4 is 21.6 Å². The molecule has 0 heterocycles. The second-order valence-corrected chi connectivity index (χ2v) is 5.47. The van der Waals surface area contributed by atoms with Crippen LogP contribution in [0.1, 0.15) is 5.56 Å². The molecular formula is C9H10ClF3N2O2S. The summed E-state index contributed by atoms with van der Waals surface area (Å²) in [5.74, 6) is 0. The molecule has 1 aromatic rings. The summed E-state index contributed by atoms with van der Waals surface area (Å²) in [6.07, 6.45) is -4.64. The predicted molar refractivity (Wildman–Crippen MR) is 60.7 cm³/mol. The van der Waals surface area contributed by atoms with Crippen molar-refractivity contribution in [1.82, 2.24) is 4.72 Å². The van der Waals surface area contributed by atoms with Crippen molar-refractivity contribution in [3.05, 3.63) is 28.8 Å². The summed E-state index contributed by atoms with van der Waals surface area (Å²) >= 11 is 5.59. The topological polar surface area (TPSA) is 72.2 Å². The minimum Gasteiger partial charge on any atom is -0.329 e. The Hall–Kier alpha value is -0.830. The molecule has 0 aliphatic heterocycles. The lowest BCUT2D eigenvalue weighted by molar-refractivity contribution is -0.137. The quantitative estimate of drug-likeness (QED) is 0.887. The first-order chi connectivity index (χ1) is 8.18. The van der Waals surface area contributed by atoms with Crippen molar-refractivity contribution in [2.24, 2.45) is 5.73 Å². The summed E-state index contributed by atoms with van der Waals surface area (Å²) in [6.45, 7) is -0.0648. The van der Waals surface area contributed by atoms with E-state index < -0.39 is 26.7 Å². The van der Waals surface area contributed by atoms with E-state index in [0.717, 1.165) is 6.07 Å². The van der Waals surface area contributed by atoms with Gasteiger partial charge in [0.15, 0.2) is 0 Å². The SMILES string of the molecule is NCCNS(=O)(=O)c1cc(C(F)(F)F)ccc1Cl. The average molecular weight is 303 g/mol. The number of halogens is 4. The molecule has 0 bridgehead atoms. The fourth-order valence-corrected chi connectivity index (χ4v) is 2.73. The van der Waals surface area contributed by atoms with Gasteiger partial charge in [-0.2, -0.15) is 13.2 Å². The molecule has 0 spiro atoms. The Kier molecular flexibility index (Phi) is 4.60. The van der Waals surface area contributed by atoms with E-state index in [1.807, 2.05) is 4.72 Å². The van der Waals surface area contributed by atoms with Crippen molar-refractivity contribution < 1.29 is 21.6 Å². The van der Waals surface area contributed by atoms with Crippen LogP contribution < -0.4 is 10.5 Å². The smallest absolute Gasteiger partial charge is 0.329 e. The van der Waals surface area contributed by atoms with Gasteiger partial charge >= 0.3 is 6.18 Å². The molecule has 0 aromatic heterocycles. The number of rotatable bonds is 4. The van der Waals surface area contributed by atoms with Gasteiger partial charge in [0.2, 0.25) is 10.0 Å². The highest BCUT2D eigenvalue weighted by molar-refractivity contribution is 7.89. The molecule has 102 valence electrons. The Labute approximate surface area is 107 Å².